The number of hydrogen-bond donors (Lipinski definition) is 1. The van der Waals surface area contributed by atoms with Crippen molar-refractivity contribution in [1.29, 1.82) is 0 Å². The number of benzene rings is 2. The smallest absolute Gasteiger partial charge is 0.362 e. The highest BCUT2D eigenvalue weighted by atomic mass is 19.4. The van der Waals surface area contributed by atoms with Gasteiger partial charge in [0.05, 0.1) is 30.0 Å². The number of alkyl halides is 3. The SMILES string of the molecule is Cc1c(C(C)Nc2nncc3ccc(N4CCn5c(nc6c5CCCC6)C4)cc23)cccc1C(F)(F)F. The van der Waals surface area contributed by atoms with E-state index in [1.807, 2.05) is 13.0 Å². The molecule has 0 radical (unpaired) electrons. The van der Waals surface area contributed by atoms with Crippen molar-refractivity contribution in [3.05, 3.63) is 76.5 Å². The molecule has 0 bridgehead atoms. The number of halogens is 3. The number of aromatic nitrogens is 4. The highest BCUT2D eigenvalue weighted by molar-refractivity contribution is 5.93. The highest BCUT2D eigenvalue weighted by Crippen LogP contribution is 2.36. The Labute approximate surface area is 213 Å². The molecule has 6 rings (SSSR count). The fourth-order valence-electron chi connectivity index (χ4n) is 5.81. The van der Waals surface area contributed by atoms with E-state index in [4.69, 9.17) is 4.98 Å². The lowest BCUT2D eigenvalue weighted by atomic mass is 9.97. The maximum absolute atomic E-state index is 13.5. The summed E-state index contributed by atoms with van der Waals surface area (Å²) in [5.74, 6) is 1.68. The van der Waals surface area contributed by atoms with Crippen molar-refractivity contribution in [2.45, 2.75) is 64.8 Å². The summed E-state index contributed by atoms with van der Waals surface area (Å²) in [6, 6.07) is 10.1. The molecule has 0 saturated heterocycles. The zero-order valence-corrected chi connectivity index (χ0v) is 20.9. The van der Waals surface area contributed by atoms with Crippen molar-refractivity contribution >= 4 is 22.3 Å². The third-order valence-corrected chi connectivity index (χ3v) is 7.75. The fourth-order valence-corrected chi connectivity index (χ4v) is 5.81. The molecule has 0 fully saturated rings. The first-order valence-electron chi connectivity index (χ1n) is 12.8. The van der Waals surface area contributed by atoms with Gasteiger partial charge in [-0.3, -0.25) is 0 Å². The second kappa shape index (κ2) is 9.04. The van der Waals surface area contributed by atoms with E-state index in [0.29, 0.717) is 11.4 Å². The van der Waals surface area contributed by atoms with Crippen molar-refractivity contribution in [3.63, 3.8) is 0 Å². The van der Waals surface area contributed by atoms with Gasteiger partial charge in [-0.2, -0.15) is 18.3 Å². The number of nitrogens with zero attached hydrogens (tertiary/aromatic N) is 5. The number of imidazole rings is 1. The molecule has 1 atom stereocenters. The second-order valence-corrected chi connectivity index (χ2v) is 10.1. The maximum atomic E-state index is 13.5. The first-order valence-corrected chi connectivity index (χ1v) is 12.8. The van der Waals surface area contributed by atoms with E-state index in [1.54, 1.807) is 12.3 Å². The van der Waals surface area contributed by atoms with Crippen LogP contribution in [0.3, 0.4) is 0 Å². The number of anilines is 2. The molecule has 6 nitrogen and oxygen atoms in total. The van der Waals surface area contributed by atoms with Gasteiger partial charge in [0, 0.05) is 35.2 Å². The van der Waals surface area contributed by atoms with Crippen LogP contribution in [0.15, 0.2) is 42.6 Å². The van der Waals surface area contributed by atoms with E-state index >= 15 is 0 Å². The van der Waals surface area contributed by atoms with Crippen molar-refractivity contribution in [3.8, 4) is 0 Å². The zero-order valence-electron chi connectivity index (χ0n) is 20.9. The van der Waals surface area contributed by atoms with Crippen LogP contribution < -0.4 is 10.2 Å². The molecule has 2 aliphatic rings. The first kappa shape index (κ1) is 23.8. The third kappa shape index (κ3) is 4.30. The van der Waals surface area contributed by atoms with Gasteiger partial charge in [0.15, 0.2) is 5.82 Å². The molecule has 0 amide bonds. The molecule has 1 unspecified atom stereocenters. The van der Waals surface area contributed by atoms with Crippen molar-refractivity contribution in [1.82, 2.24) is 19.7 Å². The minimum atomic E-state index is -4.39. The summed E-state index contributed by atoms with van der Waals surface area (Å²) < 4.78 is 42.8. The van der Waals surface area contributed by atoms with E-state index in [0.717, 1.165) is 60.8 Å². The van der Waals surface area contributed by atoms with Crippen LogP contribution in [-0.4, -0.2) is 26.3 Å². The van der Waals surface area contributed by atoms with Gasteiger partial charge in [0.1, 0.15) is 5.82 Å². The van der Waals surface area contributed by atoms with Crippen LogP contribution in [0.4, 0.5) is 24.7 Å². The number of fused-ring (bicyclic) bond motifs is 4. The molecule has 2 aromatic carbocycles. The van der Waals surface area contributed by atoms with Gasteiger partial charge in [-0.15, -0.1) is 5.10 Å². The minimum Gasteiger partial charge on any atom is -0.362 e. The lowest BCUT2D eigenvalue weighted by molar-refractivity contribution is -0.138. The molecule has 1 N–H and O–H groups in total. The Morgan fingerprint density at radius 3 is 2.73 bits per heavy atom. The summed E-state index contributed by atoms with van der Waals surface area (Å²) in [7, 11) is 0. The van der Waals surface area contributed by atoms with Crippen LogP contribution in [0.2, 0.25) is 0 Å². The van der Waals surface area contributed by atoms with Crippen molar-refractivity contribution in [2.75, 3.05) is 16.8 Å². The molecule has 1 aliphatic heterocycles. The zero-order chi connectivity index (χ0) is 25.7. The summed E-state index contributed by atoms with van der Waals surface area (Å²) in [5, 5.41) is 13.6. The van der Waals surface area contributed by atoms with Crippen LogP contribution in [-0.2, 0) is 32.1 Å². The van der Waals surface area contributed by atoms with Crippen molar-refractivity contribution < 1.29 is 13.2 Å². The van der Waals surface area contributed by atoms with E-state index in [2.05, 4.69) is 37.1 Å². The summed E-state index contributed by atoms with van der Waals surface area (Å²) in [5.41, 5.74) is 3.93. The average Bonchev–Trinajstić information content (AvgIpc) is 3.26. The van der Waals surface area contributed by atoms with Gasteiger partial charge in [0.25, 0.3) is 0 Å². The molecule has 4 aromatic rings. The van der Waals surface area contributed by atoms with Gasteiger partial charge in [0.2, 0.25) is 0 Å². The highest BCUT2D eigenvalue weighted by Gasteiger charge is 2.33. The van der Waals surface area contributed by atoms with Gasteiger partial charge in [-0.05, 0) is 68.9 Å². The lowest BCUT2D eigenvalue weighted by Gasteiger charge is -2.31. The summed E-state index contributed by atoms with van der Waals surface area (Å²) in [6.07, 6.45) is 1.96. The molecule has 2 aromatic heterocycles. The Kier molecular flexibility index (Phi) is 5.81. The van der Waals surface area contributed by atoms with Crippen LogP contribution in [0.1, 0.15) is 59.7 Å². The normalized spacial score (nSPS) is 16.4. The predicted molar refractivity (Wildman–Crippen MR) is 138 cm³/mol. The standard InChI is InChI=1S/C28H29F3N6/c1-17-21(6-5-7-23(17)28(29,30)31)18(2)33-27-22-14-20(11-10-19(22)15-32-35-27)36-12-13-37-25-9-4-3-8-24(25)34-26(37)16-36/h5-7,10-11,14-15,18H,3-4,8-9,12-13,16H2,1-2H3,(H,33,35). The number of nitrogens with one attached hydrogen (secondary N) is 1. The third-order valence-electron chi connectivity index (χ3n) is 7.75. The van der Waals surface area contributed by atoms with E-state index in [1.165, 1.54) is 37.2 Å². The van der Waals surface area contributed by atoms with E-state index < -0.39 is 11.7 Å². The van der Waals surface area contributed by atoms with Crippen LogP contribution >= 0.6 is 0 Å². The fraction of sp³-hybridized carbons (Fsp3) is 0.393. The van der Waals surface area contributed by atoms with Crippen LogP contribution in [0.5, 0.6) is 0 Å². The molecule has 1 aliphatic carbocycles. The summed E-state index contributed by atoms with van der Waals surface area (Å²) in [6.45, 7) is 5.92. The van der Waals surface area contributed by atoms with Crippen molar-refractivity contribution in [2.24, 2.45) is 0 Å². The molecule has 3 heterocycles. The molecule has 0 saturated carbocycles. The Hall–Kier alpha value is -3.62. The lowest BCUT2D eigenvalue weighted by Crippen LogP contribution is -2.34. The molecule has 37 heavy (non-hydrogen) atoms. The molecular formula is C28H29F3N6. The van der Waals surface area contributed by atoms with Gasteiger partial charge in [-0.25, -0.2) is 4.98 Å². The van der Waals surface area contributed by atoms with Crippen LogP contribution in [0, 0.1) is 6.92 Å². The topological polar surface area (TPSA) is 58.9 Å². The first-order chi connectivity index (χ1) is 17.8. The van der Waals surface area contributed by atoms with Crippen LogP contribution in [0.25, 0.3) is 10.8 Å². The molecule has 192 valence electrons. The second-order valence-electron chi connectivity index (χ2n) is 10.1. The Balaban J connectivity index is 1.29. The number of aryl methyl sites for hydroxylation is 1. The van der Waals surface area contributed by atoms with Gasteiger partial charge < -0.3 is 14.8 Å². The molecular weight excluding hydrogens is 477 g/mol. The van der Waals surface area contributed by atoms with E-state index in [9.17, 15) is 13.2 Å². The molecule has 0 spiro atoms. The number of rotatable bonds is 4. The Morgan fingerprint density at radius 2 is 1.89 bits per heavy atom. The summed E-state index contributed by atoms with van der Waals surface area (Å²) >= 11 is 0. The Bertz CT molecular complexity index is 1480. The molecule has 9 heteroatoms. The quantitative estimate of drug-likeness (QED) is 0.356. The average molecular weight is 507 g/mol. The van der Waals surface area contributed by atoms with Gasteiger partial charge in [-0.1, -0.05) is 18.2 Å². The monoisotopic (exact) mass is 506 g/mol. The van der Waals surface area contributed by atoms with E-state index in [-0.39, 0.29) is 11.6 Å². The number of hydrogen-bond acceptors (Lipinski definition) is 5. The summed E-state index contributed by atoms with van der Waals surface area (Å²) in [4.78, 5) is 7.29. The maximum Gasteiger partial charge on any atom is 0.416 e. The largest absolute Gasteiger partial charge is 0.416 e. The minimum absolute atomic E-state index is 0.218. The van der Waals surface area contributed by atoms with Gasteiger partial charge >= 0.3 is 6.18 Å². The Morgan fingerprint density at radius 1 is 1.05 bits per heavy atom. The predicted octanol–water partition coefficient (Wildman–Crippen LogP) is 6.23.